The number of hydrogen-bond acceptors (Lipinski definition) is 3. The second kappa shape index (κ2) is 4.42. The number of hydrogen-bond donors (Lipinski definition) is 1. The van der Waals surface area contributed by atoms with Crippen molar-refractivity contribution in [3.8, 4) is 0 Å². The van der Waals surface area contributed by atoms with Crippen molar-refractivity contribution >= 4 is 5.69 Å². The smallest absolute Gasteiger partial charge is 0.0497 e. The highest BCUT2D eigenvalue weighted by Gasteiger charge is 2.15. The predicted molar refractivity (Wildman–Crippen MR) is 55.9 cm³/mol. The number of nitrogens with zero attached hydrogens (tertiary/aromatic N) is 1. The molecule has 2 heterocycles. The van der Waals surface area contributed by atoms with E-state index in [9.17, 15) is 0 Å². The molecule has 1 saturated heterocycles. The van der Waals surface area contributed by atoms with Gasteiger partial charge in [-0.05, 0) is 36.8 Å². The Balaban J connectivity index is 1.99. The van der Waals surface area contributed by atoms with Gasteiger partial charge >= 0.3 is 0 Å². The van der Waals surface area contributed by atoms with Crippen molar-refractivity contribution in [2.24, 2.45) is 5.92 Å². The zero-order chi connectivity index (χ0) is 9.80. The van der Waals surface area contributed by atoms with Crippen LogP contribution in [0.3, 0.4) is 0 Å². The van der Waals surface area contributed by atoms with Crippen LogP contribution in [0.5, 0.6) is 0 Å². The standard InChI is InChI=1S/C11H16N2O/c12-11-3-4-13-7-10(11)6-9-2-1-5-14-8-9/h3-4,7,9H,1-2,5-6,8H2,(H2,12,13). The molecule has 76 valence electrons. The Morgan fingerprint density at radius 2 is 2.50 bits per heavy atom. The van der Waals surface area contributed by atoms with E-state index in [1.807, 2.05) is 12.3 Å². The molecule has 14 heavy (non-hydrogen) atoms. The average molecular weight is 192 g/mol. The minimum absolute atomic E-state index is 0.621. The van der Waals surface area contributed by atoms with E-state index in [0.29, 0.717) is 5.92 Å². The number of nitrogen functional groups attached to an aromatic ring is 1. The van der Waals surface area contributed by atoms with Gasteiger partial charge in [-0.25, -0.2) is 0 Å². The highest BCUT2D eigenvalue weighted by molar-refractivity contribution is 5.44. The van der Waals surface area contributed by atoms with Crippen molar-refractivity contribution in [2.45, 2.75) is 19.3 Å². The molecule has 2 N–H and O–H groups in total. The van der Waals surface area contributed by atoms with E-state index >= 15 is 0 Å². The van der Waals surface area contributed by atoms with E-state index < -0.39 is 0 Å². The van der Waals surface area contributed by atoms with Gasteiger partial charge in [0.15, 0.2) is 0 Å². The van der Waals surface area contributed by atoms with E-state index in [1.165, 1.54) is 12.8 Å². The molecule has 1 atom stereocenters. The van der Waals surface area contributed by atoms with Gasteiger partial charge in [0.1, 0.15) is 0 Å². The molecule has 3 heteroatoms. The summed E-state index contributed by atoms with van der Waals surface area (Å²) in [4.78, 5) is 4.09. The molecule has 2 rings (SSSR count). The Morgan fingerprint density at radius 1 is 1.57 bits per heavy atom. The predicted octanol–water partition coefficient (Wildman–Crippen LogP) is 1.63. The minimum Gasteiger partial charge on any atom is -0.398 e. The molecular weight excluding hydrogens is 176 g/mol. The normalized spacial score (nSPS) is 22.1. The molecule has 1 aromatic heterocycles. The van der Waals surface area contributed by atoms with E-state index in [-0.39, 0.29) is 0 Å². The van der Waals surface area contributed by atoms with Gasteiger partial charge in [-0.2, -0.15) is 0 Å². The molecule has 1 aromatic rings. The summed E-state index contributed by atoms with van der Waals surface area (Å²) >= 11 is 0. The molecule has 0 aromatic carbocycles. The largest absolute Gasteiger partial charge is 0.398 e. The maximum Gasteiger partial charge on any atom is 0.0497 e. The van der Waals surface area contributed by atoms with Gasteiger partial charge in [-0.15, -0.1) is 0 Å². The van der Waals surface area contributed by atoms with Crippen LogP contribution >= 0.6 is 0 Å². The van der Waals surface area contributed by atoms with Crippen molar-refractivity contribution in [3.63, 3.8) is 0 Å². The Bertz CT molecular complexity index is 295. The lowest BCUT2D eigenvalue weighted by molar-refractivity contribution is 0.0550. The minimum atomic E-state index is 0.621. The maximum absolute atomic E-state index is 5.86. The Kier molecular flexibility index (Phi) is 2.99. The van der Waals surface area contributed by atoms with Gasteiger partial charge in [-0.3, -0.25) is 4.98 Å². The lowest BCUT2D eigenvalue weighted by Gasteiger charge is -2.22. The quantitative estimate of drug-likeness (QED) is 0.774. The highest BCUT2D eigenvalue weighted by Crippen LogP contribution is 2.21. The van der Waals surface area contributed by atoms with Crippen molar-refractivity contribution < 1.29 is 4.74 Å². The summed E-state index contributed by atoms with van der Waals surface area (Å²) in [7, 11) is 0. The summed E-state index contributed by atoms with van der Waals surface area (Å²) in [5, 5.41) is 0. The van der Waals surface area contributed by atoms with Crippen molar-refractivity contribution in [1.29, 1.82) is 0 Å². The molecule has 1 aliphatic heterocycles. The third kappa shape index (κ3) is 2.23. The van der Waals surface area contributed by atoms with Crippen molar-refractivity contribution in [1.82, 2.24) is 4.98 Å². The second-order valence-electron chi connectivity index (χ2n) is 3.86. The molecule has 0 spiro atoms. The molecule has 0 aliphatic carbocycles. The summed E-state index contributed by atoms with van der Waals surface area (Å²) in [5.74, 6) is 0.621. The Hall–Kier alpha value is -1.09. The summed E-state index contributed by atoms with van der Waals surface area (Å²) in [5.41, 5.74) is 7.86. The zero-order valence-electron chi connectivity index (χ0n) is 8.28. The first-order chi connectivity index (χ1) is 6.86. The van der Waals surface area contributed by atoms with Gasteiger partial charge in [-0.1, -0.05) is 0 Å². The van der Waals surface area contributed by atoms with Crippen LogP contribution in [-0.2, 0) is 11.2 Å². The first-order valence-electron chi connectivity index (χ1n) is 5.12. The maximum atomic E-state index is 5.86. The topological polar surface area (TPSA) is 48.1 Å². The molecule has 3 nitrogen and oxygen atoms in total. The number of anilines is 1. The van der Waals surface area contributed by atoms with Crippen LogP contribution in [0.15, 0.2) is 18.5 Å². The number of rotatable bonds is 2. The second-order valence-corrected chi connectivity index (χ2v) is 3.86. The fourth-order valence-corrected chi connectivity index (χ4v) is 1.89. The molecule has 1 aliphatic rings. The fourth-order valence-electron chi connectivity index (χ4n) is 1.89. The summed E-state index contributed by atoms with van der Waals surface area (Å²) < 4.78 is 5.43. The Labute approximate surface area is 84.3 Å². The van der Waals surface area contributed by atoms with Crippen LogP contribution < -0.4 is 5.73 Å². The summed E-state index contributed by atoms with van der Waals surface area (Å²) in [6.07, 6.45) is 7.01. The lowest BCUT2D eigenvalue weighted by Crippen LogP contribution is -2.19. The molecule has 0 radical (unpaired) electrons. The number of nitrogens with two attached hydrogens (primary N) is 1. The van der Waals surface area contributed by atoms with E-state index in [0.717, 1.165) is 30.9 Å². The molecule has 0 saturated carbocycles. The molecular formula is C11H16N2O. The van der Waals surface area contributed by atoms with Gasteiger partial charge in [0.2, 0.25) is 0 Å². The Morgan fingerprint density at radius 3 is 3.21 bits per heavy atom. The monoisotopic (exact) mass is 192 g/mol. The third-order valence-corrected chi connectivity index (χ3v) is 2.70. The molecule has 0 amide bonds. The van der Waals surface area contributed by atoms with Crippen LogP contribution in [-0.4, -0.2) is 18.2 Å². The first-order valence-corrected chi connectivity index (χ1v) is 5.12. The van der Waals surface area contributed by atoms with E-state index in [1.54, 1.807) is 6.20 Å². The van der Waals surface area contributed by atoms with E-state index in [4.69, 9.17) is 10.5 Å². The SMILES string of the molecule is Nc1ccncc1CC1CCCOC1. The third-order valence-electron chi connectivity index (χ3n) is 2.70. The van der Waals surface area contributed by atoms with Gasteiger partial charge in [0.05, 0.1) is 0 Å². The molecule has 1 fully saturated rings. The van der Waals surface area contributed by atoms with Gasteiger partial charge < -0.3 is 10.5 Å². The van der Waals surface area contributed by atoms with Crippen molar-refractivity contribution in [2.75, 3.05) is 18.9 Å². The fraction of sp³-hybridized carbons (Fsp3) is 0.545. The zero-order valence-corrected chi connectivity index (χ0v) is 8.28. The number of aromatic nitrogens is 1. The lowest BCUT2D eigenvalue weighted by atomic mass is 9.94. The van der Waals surface area contributed by atoms with Gasteiger partial charge in [0.25, 0.3) is 0 Å². The first kappa shape index (κ1) is 9.46. The van der Waals surface area contributed by atoms with Crippen LogP contribution in [0.4, 0.5) is 5.69 Å². The molecule has 0 bridgehead atoms. The van der Waals surface area contributed by atoms with E-state index in [2.05, 4.69) is 4.98 Å². The highest BCUT2D eigenvalue weighted by atomic mass is 16.5. The van der Waals surface area contributed by atoms with Crippen molar-refractivity contribution in [3.05, 3.63) is 24.0 Å². The average Bonchev–Trinajstić information content (AvgIpc) is 2.23. The summed E-state index contributed by atoms with van der Waals surface area (Å²) in [6, 6.07) is 1.86. The van der Waals surface area contributed by atoms with Gasteiger partial charge in [0, 0.05) is 31.3 Å². The van der Waals surface area contributed by atoms with Crippen LogP contribution in [0.2, 0.25) is 0 Å². The summed E-state index contributed by atoms with van der Waals surface area (Å²) in [6.45, 7) is 1.79. The van der Waals surface area contributed by atoms with Crippen LogP contribution in [0.1, 0.15) is 18.4 Å². The van der Waals surface area contributed by atoms with Crippen LogP contribution in [0, 0.1) is 5.92 Å². The number of pyridine rings is 1. The molecule has 1 unspecified atom stereocenters. The number of ether oxygens (including phenoxy) is 1. The van der Waals surface area contributed by atoms with Crippen LogP contribution in [0.25, 0.3) is 0 Å².